The molecule has 0 saturated carbocycles. The third kappa shape index (κ3) is 4.09. The summed E-state index contributed by atoms with van der Waals surface area (Å²) >= 11 is 0. The fraction of sp³-hybridized carbons (Fsp3) is 1.00. The Morgan fingerprint density at radius 2 is 2.00 bits per heavy atom. The largest absolute Gasteiger partial charge is 0.395 e. The fourth-order valence-electron chi connectivity index (χ4n) is 0.664. The van der Waals surface area contributed by atoms with E-state index < -0.39 is 0 Å². The molecule has 0 aliphatic heterocycles. The van der Waals surface area contributed by atoms with Gasteiger partial charge >= 0.3 is 0 Å². The summed E-state index contributed by atoms with van der Waals surface area (Å²) in [5.41, 5.74) is 0. The highest BCUT2D eigenvalue weighted by Gasteiger charge is 1.91. The van der Waals surface area contributed by atoms with Gasteiger partial charge in [0, 0.05) is 6.54 Å². The maximum absolute atomic E-state index is 8.42. The third-order valence-corrected chi connectivity index (χ3v) is 1.09. The summed E-state index contributed by atoms with van der Waals surface area (Å²) in [4.78, 5) is 2.11. The minimum Gasteiger partial charge on any atom is -0.395 e. The average Bonchev–Trinajstić information content (AvgIpc) is 1.68. The summed E-state index contributed by atoms with van der Waals surface area (Å²) in [6.45, 7) is 4.29. The average molecular weight is 117 g/mol. The Morgan fingerprint density at radius 3 is 2.38 bits per heavy atom. The van der Waals surface area contributed by atoms with E-state index in [1.807, 2.05) is 7.05 Å². The van der Waals surface area contributed by atoms with Gasteiger partial charge in [-0.05, 0) is 20.0 Å². The second kappa shape index (κ2) is 5.06. The van der Waals surface area contributed by atoms with Crippen LogP contribution in [-0.4, -0.2) is 36.8 Å². The molecule has 0 aromatic carbocycles. The molecule has 0 aliphatic rings. The monoisotopic (exact) mass is 117 g/mol. The van der Waals surface area contributed by atoms with Crippen molar-refractivity contribution in [3.8, 4) is 0 Å². The lowest BCUT2D eigenvalue weighted by molar-refractivity contribution is 0.222. The van der Waals surface area contributed by atoms with Crippen molar-refractivity contribution < 1.29 is 5.11 Å². The highest BCUT2D eigenvalue weighted by atomic mass is 16.3. The predicted molar refractivity (Wildman–Crippen MR) is 34.9 cm³/mol. The molecular formula is C6H15NO. The molecule has 50 valence electrons. The number of aliphatic hydroxyl groups excluding tert-OH is 1. The van der Waals surface area contributed by atoms with Crippen molar-refractivity contribution in [2.45, 2.75) is 13.3 Å². The van der Waals surface area contributed by atoms with Crippen LogP contribution < -0.4 is 0 Å². The summed E-state index contributed by atoms with van der Waals surface area (Å²) in [5, 5.41) is 8.42. The Labute approximate surface area is 51.1 Å². The Bertz CT molecular complexity index is 41.8. The van der Waals surface area contributed by atoms with Gasteiger partial charge in [0.05, 0.1) is 6.61 Å². The van der Waals surface area contributed by atoms with Crippen LogP contribution in [0.25, 0.3) is 0 Å². The van der Waals surface area contributed by atoms with Crippen molar-refractivity contribution in [3.63, 3.8) is 0 Å². The van der Waals surface area contributed by atoms with Gasteiger partial charge in [-0.3, -0.25) is 0 Å². The van der Waals surface area contributed by atoms with Crippen molar-refractivity contribution in [2.24, 2.45) is 0 Å². The van der Waals surface area contributed by atoms with Gasteiger partial charge in [-0.25, -0.2) is 0 Å². The first-order valence-electron chi connectivity index (χ1n) is 3.10. The van der Waals surface area contributed by atoms with Crippen molar-refractivity contribution >= 4 is 0 Å². The van der Waals surface area contributed by atoms with E-state index in [4.69, 9.17) is 5.11 Å². The maximum Gasteiger partial charge on any atom is 0.0558 e. The van der Waals surface area contributed by atoms with E-state index in [2.05, 4.69) is 11.8 Å². The number of hydrogen-bond acceptors (Lipinski definition) is 2. The first-order chi connectivity index (χ1) is 3.81. The quantitative estimate of drug-likeness (QED) is 0.573. The van der Waals surface area contributed by atoms with E-state index in [0.29, 0.717) is 0 Å². The molecule has 0 heterocycles. The first-order valence-corrected chi connectivity index (χ1v) is 3.10. The van der Waals surface area contributed by atoms with Gasteiger partial charge in [0.25, 0.3) is 0 Å². The van der Waals surface area contributed by atoms with Gasteiger partial charge in [0.15, 0.2) is 0 Å². The summed E-state index contributed by atoms with van der Waals surface area (Å²) < 4.78 is 0. The molecule has 0 aromatic heterocycles. The van der Waals surface area contributed by atoms with Crippen molar-refractivity contribution in [1.82, 2.24) is 4.90 Å². The van der Waals surface area contributed by atoms with Crippen LogP contribution in [-0.2, 0) is 0 Å². The van der Waals surface area contributed by atoms with Crippen LogP contribution in [0, 0.1) is 0 Å². The molecule has 0 bridgehead atoms. The van der Waals surface area contributed by atoms with Crippen molar-refractivity contribution in [2.75, 3.05) is 26.7 Å². The molecule has 0 fully saturated rings. The first kappa shape index (κ1) is 7.92. The zero-order chi connectivity index (χ0) is 6.41. The third-order valence-electron chi connectivity index (χ3n) is 1.09. The van der Waals surface area contributed by atoms with E-state index in [9.17, 15) is 0 Å². The maximum atomic E-state index is 8.42. The Balaban J connectivity index is 2.92. The molecule has 2 heteroatoms. The van der Waals surface area contributed by atoms with Crippen LogP contribution in [0.5, 0.6) is 0 Å². The van der Waals surface area contributed by atoms with Crippen molar-refractivity contribution in [3.05, 3.63) is 0 Å². The van der Waals surface area contributed by atoms with E-state index in [1.54, 1.807) is 0 Å². The number of rotatable bonds is 4. The number of nitrogens with zero attached hydrogens (tertiary/aromatic N) is 1. The second-order valence-corrected chi connectivity index (χ2v) is 2.03. The Morgan fingerprint density at radius 1 is 1.38 bits per heavy atom. The van der Waals surface area contributed by atoms with Gasteiger partial charge in [-0.2, -0.15) is 0 Å². The highest BCUT2D eigenvalue weighted by molar-refractivity contribution is 4.45. The molecule has 0 atom stereocenters. The minimum atomic E-state index is 0.274. The molecule has 8 heavy (non-hydrogen) atoms. The molecule has 1 N–H and O–H groups in total. The van der Waals surface area contributed by atoms with E-state index in [0.717, 1.165) is 19.5 Å². The molecule has 0 radical (unpaired) electrons. The molecule has 0 spiro atoms. The lowest BCUT2D eigenvalue weighted by Gasteiger charge is -2.12. The summed E-state index contributed by atoms with van der Waals surface area (Å²) in [7, 11) is 2.01. The molecule has 0 saturated heterocycles. The van der Waals surface area contributed by atoms with Crippen molar-refractivity contribution in [1.29, 1.82) is 0 Å². The van der Waals surface area contributed by atoms with Crippen LogP contribution in [0.4, 0.5) is 0 Å². The van der Waals surface area contributed by atoms with Crippen LogP contribution in [0.2, 0.25) is 0 Å². The number of aliphatic hydroxyl groups is 1. The van der Waals surface area contributed by atoms with Crippen LogP contribution in [0.3, 0.4) is 0 Å². The molecule has 2 nitrogen and oxygen atoms in total. The normalized spacial score (nSPS) is 10.5. The minimum absolute atomic E-state index is 0.274. The number of likely N-dealkylation sites (N-methyl/N-ethyl adjacent to an activating group) is 1. The molecule has 0 aromatic rings. The van der Waals surface area contributed by atoms with E-state index >= 15 is 0 Å². The Kier molecular flexibility index (Phi) is 5.01. The molecular weight excluding hydrogens is 102 g/mol. The lowest BCUT2D eigenvalue weighted by Crippen LogP contribution is -2.22. The van der Waals surface area contributed by atoms with Gasteiger partial charge < -0.3 is 10.0 Å². The van der Waals surface area contributed by atoms with E-state index in [1.165, 1.54) is 0 Å². The van der Waals surface area contributed by atoms with Crippen LogP contribution in [0.15, 0.2) is 0 Å². The topological polar surface area (TPSA) is 23.5 Å². The standard InChI is InChI=1S/C6H15NO/c1-3-4-7(2)5-6-8/h8H,3-6H2,1-2H3. The van der Waals surface area contributed by atoms with Gasteiger partial charge in [-0.15, -0.1) is 0 Å². The molecule has 0 amide bonds. The summed E-state index contributed by atoms with van der Waals surface area (Å²) in [5.74, 6) is 0. The smallest absolute Gasteiger partial charge is 0.0558 e. The SMILES string of the molecule is CCCN(C)CCO. The second-order valence-electron chi connectivity index (χ2n) is 2.03. The molecule has 0 unspecified atom stereocenters. The molecule has 0 rings (SSSR count). The highest BCUT2D eigenvalue weighted by Crippen LogP contribution is 1.82. The van der Waals surface area contributed by atoms with Crippen LogP contribution in [0.1, 0.15) is 13.3 Å². The molecule has 0 aliphatic carbocycles. The predicted octanol–water partition coefficient (Wildman–Crippen LogP) is 0.321. The van der Waals surface area contributed by atoms with E-state index in [-0.39, 0.29) is 6.61 Å². The summed E-state index contributed by atoms with van der Waals surface area (Å²) in [6, 6.07) is 0. The zero-order valence-corrected chi connectivity index (χ0v) is 5.72. The zero-order valence-electron chi connectivity index (χ0n) is 5.72. The van der Waals surface area contributed by atoms with Gasteiger partial charge in [-0.1, -0.05) is 6.92 Å². The van der Waals surface area contributed by atoms with Crippen LogP contribution >= 0.6 is 0 Å². The Hall–Kier alpha value is -0.0800. The van der Waals surface area contributed by atoms with Gasteiger partial charge in [0.2, 0.25) is 0 Å². The van der Waals surface area contributed by atoms with Gasteiger partial charge in [0.1, 0.15) is 0 Å². The lowest BCUT2D eigenvalue weighted by atomic mass is 10.4. The number of hydrogen-bond donors (Lipinski definition) is 1. The summed E-state index contributed by atoms with van der Waals surface area (Å²) in [6.07, 6.45) is 1.16. The fourth-order valence-corrected chi connectivity index (χ4v) is 0.664.